The summed E-state index contributed by atoms with van der Waals surface area (Å²) >= 11 is 0. The number of anilines is 3. The maximum absolute atomic E-state index is 13.0. The number of aryl methyl sites for hydroxylation is 2. The molecule has 0 aliphatic carbocycles. The van der Waals surface area contributed by atoms with Crippen LogP contribution in [0.2, 0.25) is 0 Å². The Hall–Kier alpha value is -4.13. The molecule has 0 saturated carbocycles. The molecule has 164 valence electrons. The molecule has 0 heterocycles. The van der Waals surface area contributed by atoms with Gasteiger partial charge in [0.1, 0.15) is 5.84 Å². The minimum atomic E-state index is -0.205. The van der Waals surface area contributed by atoms with E-state index >= 15 is 0 Å². The highest BCUT2D eigenvalue weighted by atomic mass is 16.2. The molecular weight excluding hydrogens is 402 g/mol. The Labute approximate surface area is 187 Å². The first-order chi connectivity index (χ1) is 15.3. The maximum Gasteiger partial charge on any atom is 0.258 e. The molecule has 2 amide bonds. The fourth-order valence-electron chi connectivity index (χ4n) is 3.28. The molecule has 0 fully saturated rings. The summed E-state index contributed by atoms with van der Waals surface area (Å²) in [6, 6.07) is 20.1. The van der Waals surface area contributed by atoms with Crippen molar-refractivity contribution in [1.29, 1.82) is 5.41 Å². The third-order valence-corrected chi connectivity index (χ3v) is 5.17. The van der Waals surface area contributed by atoms with Crippen LogP contribution in [0.4, 0.5) is 17.1 Å². The van der Waals surface area contributed by atoms with E-state index in [-0.39, 0.29) is 24.2 Å². The number of nitrogens with zero attached hydrogens (tertiary/aromatic N) is 1. The van der Waals surface area contributed by atoms with Gasteiger partial charge in [-0.25, -0.2) is 0 Å². The van der Waals surface area contributed by atoms with Crippen LogP contribution in [-0.2, 0) is 4.79 Å². The third kappa shape index (κ3) is 5.31. The van der Waals surface area contributed by atoms with E-state index in [4.69, 9.17) is 11.1 Å². The molecule has 3 aromatic rings. The van der Waals surface area contributed by atoms with Gasteiger partial charge in [-0.1, -0.05) is 18.2 Å². The molecule has 3 rings (SSSR count). The number of hydrogen-bond acceptors (Lipinski definition) is 4. The summed E-state index contributed by atoms with van der Waals surface area (Å²) in [4.78, 5) is 27.0. The number of nitrogen functional groups attached to an aromatic ring is 1. The number of hydrogen-bond donors (Lipinski definition) is 4. The van der Waals surface area contributed by atoms with Crippen molar-refractivity contribution >= 4 is 34.7 Å². The molecule has 3 aromatic carbocycles. The Morgan fingerprint density at radius 2 is 1.62 bits per heavy atom. The number of rotatable bonds is 7. The van der Waals surface area contributed by atoms with Crippen LogP contribution in [0.25, 0.3) is 0 Å². The molecule has 7 nitrogen and oxygen atoms in total. The standard InChI is InChI=1S/C25H27N5O2/c1-16-14-22(29-23(31)15-28-19-11-9-18(10-12-19)24(26)27)17(2)13-21(16)25(32)30(3)20-7-5-4-6-8-20/h4-14,28H,15H2,1-3H3,(H3,26,27)(H,29,31). The van der Waals surface area contributed by atoms with E-state index in [0.29, 0.717) is 16.8 Å². The quantitative estimate of drug-likeness (QED) is 0.337. The van der Waals surface area contributed by atoms with Gasteiger partial charge in [-0.3, -0.25) is 15.0 Å². The summed E-state index contributed by atoms with van der Waals surface area (Å²) in [7, 11) is 1.75. The molecule has 0 radical (unpaired) electrons. The van der Waals surface area contributed by atoms with E-state index < -0.39 is 0 Å². The fourth-order valence-corrected chi connectivity index (χ4v) is 3.28. The summed E-state index contributed by atoms with van der Waals surface area (Å²) in [6.45, 7) is 3.80. The van der Waals surface area contributed by atoms with Gasteiger partial charge in [0, 0.05) is 35.2 Å². The van der Waals surface area contributed by atoms with E-state index in [2.05, 4.69) is 10.6 Å². The Bertz CT molecular complexity index is 1140. The first-order valence-corrected chi connectivity index (χ1v) is 10.2. The Morgan fingerprint density at radius 3 is 2.25 bits per heavy atom. The first kappa shape index (κ1) is 22.6. The number of benzene rings is 3. The summed E-state index contributed by atoms with van der Waals surface area (Å²) in [5.41, 5.74) is 10.5. The fraction of sp³-hybridized carbons (Fsp3) is 0.160. The van der Waals surface area contributed by atoms with Crippen molar-refractivity contribution in [2.75, 3.05) is 29.1 Å². The second-order valence-corrected chi connectivity index (χ2v) is 7.57. The van der Waals surface area contributed by atoms with Gasteiger partial charge >= 0.3 is 0 Å². The minimum Gasteiger partial charge on any atom is -0.384 e. The molecule has 0 atom stereocenters. The number of amides is 2. The average Bonchev–Trinajstić information content (AvgIpc) is 2.79. The second kappa shape index (κ2) is 9.78. The number of carbonyl (C=O) groups is 2. The minimum absolute atomic E-state index is 0.00275. The van der Waals surface area contributed by atoms with Crippen molar-refractivity contribution in [3.8, 4) is 0 Å². The molecule has 0 aromatic heterocycles. The van der Waals surface area contributed by atoms with Gasteiger partial charge < -0.3 is 21.3 Å². The summed E-state index contributed by atoms with van der Waals surface area (Å²) in [5.74, 6) is -0.314. The number of carbonyl (C=O) groups excluding carboxylic acids is 2. The van der Waals surface area contributed by atoms with Crippen molar-refractivity contribution in [3.63, 3.8) is 0 Å². The number of para-hydroxylation sites is 1. The van der Waals surface area contributed by atoms with Crippen LogP contribution >= 0.6 is 0 Å². The molecule has 0 spiro atoms. The largest absolute Gasteiger partial charge is 0.384 e. The van der Waals surface area contributed by atoms with Crippen molar-refractivity contribution in [3.05, 3.63) is 89.0 Å². The van der Waals surface area contributed by atoms with Gasteiger partial charge in [-0.2, -0.15) is 0 Å². The molecule has 0 aliphatic heterocycles. The van der Waals surface area contributed by atoms with E-state index in [1.165, 1.54) is 0 Å². The molecule has 0 saturated heterocycles. The lowest BCUT2D eigenvalue weighted by Crippen LogP contribution is -2.27. The molecule has 32 heavy (non-hydrogen) atoms. The zero-order chi connectivity index (χ0) is 23.3. The molecule has 0 aliphatic rings. The average molecular weight is 430 g/mol. The topological polar surface area (TPSA) is 111 Å². The summed E-state index contributed by atoms with van der Waals surface area (Å²) < 4.78 is 0. The molecule has 5 N–H and O–H groups in total. The zero-order valence-electron chi connectivity index (χ0n) is 18.4. The predicted octanol–water partition coefficient (Wildman–Crippen LogP) is 3.91. The van der Waals surface area contributed by atoms with E-state index in [1.807, 2.05) is 50.2 Å². The number of amidine groups is 1. The van der Waals surface area contributed by atoms with E-state index in [9.17, 15) is 9.59 Å². The first-order valence-electron chi connectivity index (χ1n) is 10.2. The Balaban J connectivity index is 1.66. The second-order valence-electron chi connectivity index (χ2n) is 7.57. The predicted molar refractivity (Wildman–Crippen MR) is 130 cm³/mol. The normalized spacial score (nSPS) is 10.3. The van der Waals surface area contributed by atoms with Gasteiger partial charge in [-0.05, 0) is 73.5 Å². The van der Waals surface area contributed by atoms with Crippen LogP contribution in [0.3, 0.4) is 0 Å². The van der Waals surface area contributed by atoms with Crippen molar-refractivity contribution < 1.29 is 9.59 Å². The van der Waals surface area contributed by atoms with Crippen molar-refractivity contribution in [1.82, 2.24) is 0 Å². The third-order valence-electron chi connectivity index (χ3n) is 5.17. The molecule has 7 heteroatoms. The molecule has 0 unspecified atom stereocenters. The van der Waals surface area contributed by atoms with Gasteiger partial charge in [0.05, 0.1) is 6.54 Å². The van der Waals surface area contributed by atoms with Crippen molar-refractivity contribution in [2.45, 2.75) is 13.8 Å². The van der Waals surface area contributed by atoms with Gasteiger partial charge in [-0.15, -0.1) is 0 Å². The van der Waals surface area contributed by atoms with Crippen LogP contribution < -0.4 is 21.3 Å². The molecular formula is C25H27N5O2. The lowest BCUT2D eigenvalue weighted by Gasteiger charge is -2.20. The van der Waals surface area contributed by atoms with Crippen LogP contribution in [-0.4, -0.2) is 31.2 Å². The van der Waals surface area contributed by atoms with Gasteiger partial charge in [0.25, 0.3) is 5.91 Å². The highest BCUT2D eigenvalue weighted by molar-refractivity contribution is 6.07. The number of nitrogens with one attached hydrogen (secondary N) is 3. The summed E-state index contributed by atoms with van der Waals surface area (Å²) in [6.07, 6.45) is 0. The lowest BCUT2D eigenvalue weighted by atomic mass is 10.0. The lowest BCUT2D eigenvalue weighted by molar-refractivity contribution is -0.114. The Kier molecular flexibility index (Phi) is 6.90. The van der Waals surface area contributed by atoms with Gasteiger partial charge in [0.15, 0.2) is 0 Å². The van der Waals surface area contributed by atoms with Crippen LogP contribution in [0, 0.1) is 19.3 Å². The zero-order valence-corrected chi connectivity index (χ0v) is 18.4. The van der Waals surface area contributed by atoms with Gasteiger partial charge in [0.2, 0.25) is 5.91 Å². The highest BCUT2D eigenvalue weighted by Gasteiger charge is 2.17. The van der Waals surface area contributed by atoms with Crippen LogP contribution in [0.15, 0.2) is 66.7 Å². The van der Waals surface area contributed by atoms with E-state index in [0.717, 1.165) is 22.5 Å². The van der Waals surface area contributed by atoms with Crippen LogP contribution in [0.1, 0.15) is 27.0 Å². The summed E-state index contributed by atoms with van der Waals surface area (Å²) in [5, 5.41) is 13.4. The maximum atomic E-state index is 13.0. The van der Waals surface area contributed by atoms with Crippen LogP contribution in [0.5, 0.6) is 0 Å². The highest BCUT2D eigenvalue weighted by Crippen LogP contribution is 2.23. The molecule has 0 bridgehead atoms. The monoisotopic (exact) mass is 429 g/mol. The SMILES string of the molecule is Cc1cc(C(=O)N(C)c2ccccc2)c(C)cc1NC(=O)CNc1ccc(C(=N)N)cc1. The number of nitrogens with two attached hydrogens (primary N) is 1. The smallest absolute Gasteiger partial charge is 0.258 e. The Morgan fingerprint density at radius 1 is 0.969 bits per heavy atom. The van der Waals surface area contributed by atoms with E-state index in [1.54, 1.807) is 42.3 Å². The van der Waals surface area contributed by atoms with Crippen molar-refractivity contribution in [2.24, 2.45) is 5.73 Å².